The van der Waals surface area contributed by atoms with Crippen LogP contribution >= 0.6 is 0 Å². The Labute approximate surface area is 170 Å². The molecule has 1 aliphatic carbocycles. The number of aliphatic hydroxyl groups is 1. The Morgan fingerprint density at radius 3 is 2.38 bits per heavy atom. The van der Waals surface area contributed by atoms with E-state index in [0.29, 0.717) is 11.8 Å². The summed E-state index contributed by atoms with van der Waals surface area (Å²) < 4.78 is 7.71. The average Bonchev–Trinajstić information content (AvgIpc) is 3.39. The number of hydrogen-bond donors (Lipinski definition) is 1. The third-order valence-electron chi connectivity index (χ3n) is 6.27. The molecule has 4 atom stereocenters. The number of benzene rings is 2. The van der Waals surface area contributed by atoms with Crippen molar-refractivity contribution in [3.05, 3.63) is 72.8 Å². The van der Waals surface area contributed by atoms with E-state index in [1.54, 1.807) is 12.7 Å². The van der Waals surface area contributed by atoms with Crippen molar-refractivity contribution in [1.29, 1.82) is 0 Å². The Hall–Kier alpha value is -2.70. The minimum atomic E-state index is -0.340. The topological polar surface area (TPSA) is 63.4 Å². The molecule has 1 N–H and O–H groups in total. The van der Waals surface area contributed by atoms with E-state index in [4.69, 9.17) is 4.74 Å². The van der Waals surface area contributed by atoms with Crippen molar-refractivity contribution in [2.45, 2.75) is 31.5 Å². The van der Waals surface area contributed by atoms with Gasteiger partial charge in [0.15, 0.2) is 0 Å². The van der Waals surface area contributed by atoms with Gasteiger partial charge in [0.05, 0.1) is 12.1 Å². The Kier molecular flexibility index (Phi) is 5.04. The first kappa shape index (κ1) is 18.3. The van der Waals surface area contributed by atoms with Gasteiger partial charge in [-0.05, 0) is 54.5 Å². The van der Waals surface area contributed by atoms with Gasteiger partial charge in [-0.25, -0.2) is 9.67 Å². The first-order chi connectivity index (χ1) is 14.2. The Balaban J connectivity index is 1.19. The van der Waals surface area contributed by atoms with Gasteiger partial charge in [-0.2, -0.15) is 5.10 Å². The number of likely N-dealkylation sites (tertiary alicyclic amines) is 1. The Bertz CT molecular complexity index is 914. The van der Waals surface area contributed by atoms with Crippen LogP contribution in [0.2, 0.25) is 0 Å². The maximum absolute atomic E-state index is 10.6. The van der Waals surface area contributed by atoms with Crippen LogP contribution in [0.4, 0.5) is 0 Å². The second-order valence-corrected chi connectivity index (χ2v) is 8.25. The third-order valence-corrected chi connectivity index (χ3v) is 6.27. The molecule has 1 saturated carbocycles. The van der Waals surface area contributed by atoms with E-state index in [1.165, 1.54) is 5.56 Å². The molecule has 29 heavy (non-hydrogen) atoms. The number of aromatic nitrogens is 3. The first-order valence-corrected chi connectivity index (χ1v) is 10.3. The van der Waals surface area contributed by atoms with Crippen LogP contribution < -0.4 is 4.74 Å². The second kappa shape index (κ2) is 7.97. The molecular formula is C23H26N4O2. The molecule has 0 spiro atoms. The van der Waals surface area contributed by atoms with Crippen LogP contribution in [0.3, 0.4) is 0 Å². The summed E-state index contributed by atoms with van der Waals surface area (Å²) in [5.41, 5.74) is 1.29. The van der Waals surface area contributed by atoms with Gasteiger partial charge in [-0.3, -0.25) is 4.90 Å². The highest BCUT2D eigenvalue weighted by molar-refractivity contribution is 5.33. The molecule has 1 aromatic heterocycles. The number of aliphatic hydroxyl groups excluding tert-OH is 1. The summed E-state index contributed by atoms with van der Waals surface area (Å²) in [4.78, 5) is 6.55. The van der Waals surface area contributed by atoms with Gasteiger partial charge >= 0.3 is 0 Å². The largest absolute Gasteiger partial charge is 0.457 e. The van der Waals surface area contributed by atoms with Gasteiger partial charge in [-0.1, -0.05) is 30.3 Å². The molecule has 2 aromatic carbocycles. The zero-order chi connectivity index (χ0) is 19.6. The fourth-order valence-electron chi connectivity index (χ4n) is 4.85. The maximum Gasteiger partial charge on any atom is 0.137 e. The molecule has 150 valence electrons. The van der Waals surface area contributed by atoms with E-state index in [0.717, 1.165) is 44.0 Å². The van der Waals surface area contributed by atoms with Gasteiger partial charge < -0.3 is 9.84 Å². The molecule has 0 amide bonds. The number of para-hydroxylation sites is 1. The van der Waals surface area contributed by atoms with Gasteiger partial charge in [0.1, 0.15) is 24.2 Å². The monoisotopic (exact) mass is 390 g/mol. The minimum absolute atomic E-state index is 0.0492. The molecule has 1 saturated heterocycles. The van der Waals surface area contributed by atoms with E-state index < -0.39 is 0 Å². The SMILES string of the molecule is O[C@@H]1C[C@H]2CN(Cc3ccc(Oc4ccccc4)cc3)C[C@H]2C[C@H]1n1cncn1. The molecule has 0 unspecified atom stereocenters. The first-order valence-electron chi connectivity index (χ1n) is 10.3. The number of hydrogen-bond acceptors (Lipinski definition) is 5. The van der Waals surface area contributed by atoms with E-state index in [2.05, 4.69) is 27.1 Å². The molecule has 6 nitrogen and oxygen atoms in total. The maximum atomic E-state index is 10.6. The third kappa shape index (κ3) is 4.04. The number of ether oxygens (including phenoxy) is 1. The van der Waals surface area contributed by atoms with Crippen LogP contribution in [-0.2, 0) is 6.54 Å². The van der Waals surface area contributed by atoms with Crippen molar-refractivity contribution in [2.75, 3.05) is 13.1 Å². The second-order valence-electron chi connectivity index (χ2n) is 8.25. The summed E-state index contributed by atoms with van der Waals surface area (Å²) in [7, 11) is 0. The van der Waals surface area contributed by atoms with Crippen molar-refractivity contribution in [1.82, 2.24) is 19.7 Å². The normalized spacial score (nSPS) is 26.9. The van der Waals surface area contributed by atoms with E-state index in [-0.39, 0.29) is 12.1 Å². The fourth-order valence-corrected chi connectivity index (χ4v) is 4.85. The van der Waals surface area contributed by atoms with Crippen molar-refractivity contribution < 1.29 is 9.84 Å². The lowest BCUT2D eigenvalue weighted by molar-refractivity contribution is 0.0304. The van der Waals surface area contributed by atoms with Gasteiger partial charge in [-0.15, -0.1) is 0 Å². The Morgan fingerprint density at radius 2 is 1.66 bits per heavy atom. The smallest absolute Gasteiger partial charge is 0.137 e. The predicted octanol–water partition coefficient (Wildman–Crippen LogP) is 3.51. The summed E-state index contributed by atoms with van der Waals surface area (Å²) in [6.07, 6.45) is 4.74. The summed E-state index contributed by atoms with van der Waals surface area (Å²) in [5, 5.41) is 14.8. The highest BCUT2D eigenvalue weighted by Crippen LogP contribution is 2.41. The van der Waals surface area contributed by atoms with Crippen molar-refractivity contribution in [2.24, 2.45) is 11.8 Å². The zero-order valence-electron chi connectivity index (χ0n) is 16.3. The molecule has 2 aliphatic rings. The van der Waals surface area contributed by atoms with Gasteiger partial charge in [0, 0.05) is 19.6 Å². The summed E-state index contributed by atoms with van der Waals surface area (Å²) in [6, 6.07) is 18.3. The fraction of sp³-hybridized carbons (Fsp3) is 0.391. The summed E-state index contributed by atoms with van der Waals surface area (Å²) in [5.74, 6) is 2.87. The van der Waals surface area contributed by atoms with E-state index in [1.807, 2.05) is 47.1 Å². The number of fused-ring (bicyclic) bond motifs is 1. The minimum Gasteiger partial charge on any atom is -0.457 e. The van der Waals surface area contributed by atoms with Crippen molar-refractivity contribution in [3.8, 4) is 11.5 Å². The molecule has 3 aromatic rings. The number of nitrogens with zero attached hydrogens (tertiary/aromatic N) is 4. The zero-order valence-corrected chi connectivity index (χ0v) is 16.3. The molecule has 2 fully saturated rings. The van der Waals surface area contributed by atoms with Crippen LogP contribution in [0, 0.1) is 11.8 Å². The van der Waals surface area contributed by atoms with Crippen molar-refractivity contribution in [3.63, 3.8) is 0 Å². The summed E-state index contributed by atoms with van der Waals surface area (Å²) >= 11 is 0. The molecule has 5 rings (SSSR count). The standard InChI is InChI=1S/C23H26N4O2/c28-23-11-19-14-26(13-18(19)10-22(23)27-16-24-15-25-27)12-17-6-8-21(9-7-17)29-20-4-2-1-3-5-20/h1-9,15-16,18-19,22-23,28H,10-14H2/t18-,19+,22-,23-/m1/s1. The highest BCUT2D eigenvalue weighted by atomic mass is 16.5. The molecule has 6 heteroatoms. The molecule has 2 heterocycles. The van der Waals surface area contributed by atoms with E-state index in [9.17, 15) is 5.11 Å². The van der Waals surface area contributed by atoms with Crippen LogP contribution in [0.15, 0.2) is 67.3 Å². The molecule has 0 radical (unpaired) electrons. The van der Waals surface area contributed by atoms with Crippen LogP contribution in [-0.4, -0.2) is 44.0 Å². The Morgan fingerprint density at radius 1 is 0.931 bits per heavy atom. The lowest BCUT2D eigenvalue weighted by Crippen LogP contribution is -2.36. The summed E-state index contributed by atoms with van der Waals surface area (Å²) in [6.45, 7) is 3.06. The highest BCUT2D eigenvalue weighted by Gasteiger charge is 2.42. The van der Waals surface area contributed by atoms with Gasteiger partial charge in [0.25, 0.3) is 0 Å². The van der Waals surface area contributed by atoms with Crippen LogP contribution in [0.1, 0.15) is 24.4 Å². The molecule has 0 bridgehead atoms. The lowest BCUT2D eigenvalue weighted by Gasteiger charge is -2.35. The van der Waals surface area contributed by atoms with Gasteiger partial charge in [0.2, 0.25) is 0 Å². The van der Waals surface area contributed by atoms with Crippen LogP contribution in [0.5, 0.6) is 11.5 Å². The molecular weight excluding hydrogens is 364 g/mol. The van der Waals surface area contributed by atoms with E-state index >= 15 is 0 Å². The number of rotatable bonds is 5. The lowest BCUT2D eigenvalue weighted by atomic mass is 9.77. The van der Waals surface area contributed by atoms with Crippen molar-refractivity contribution >= 4 is 0 Å². The predicted molar refractivity (Wildman–Crippen MR) is 110 cm³/mol. The molecule has 1 aliphatic heterocycles. The average molecular weight is 390 g/mol. The quantitative estimate of drug-likeness (QED) is 0.722. The van der Waals surface area contributed by atoms with Crippen LogP contribution in [0.25, 0.3) is 0 Å².